The van der Waals surface area contributed by atoms with Crippen molar-refractivity contribution in [2.24, 2.45) is 0 Å². The highest BCUT2D eigenvalue weighted by Crippen LogP contribution is 2.42. The van der Waals surface area contributed by atoms with Crippen molar-refractivity contribution in [1.82, 2.24) is 0 Å². The largest absolute Gasteiger partial charge is 0.285 e. The first-order valence-corrected chi connectivity index (χ1v) is 12.5. The Morgan fingerprint density at radius 1 is 0.833 bits per heavy atom. The minimum Gasteiger partial charge on any atom is -0.285 e. The number of hydrogen-bond acceptors (Lipinski definition) is 6. The van der Waals surface area contributed by atoms with E-state index in [2.05, 4.69) is 0 Å². The maximum absolute atomic E-state index is 11.6. The predicted octanol–water partition coefficient (Wildman–Crippen LogP) is 2.56. The summed E-state index contributed by atoms with van der Waals surface area (Å²) < 4.78 is 65.5. The lowest BCUT2D eigenvalue weighted by molar-refractivity contribution is 0.462. The molecule has 1 aromatic carbocycles. The van der Waals surface area contributed by atoms with Gasteiger partial charge in [-0.15, -0.1) is 0 Å². The van der Waals surface area contributed by atoms with E-state index in [1.54, 1.807) is 23.5 Å². The first-order valence-electron chi connectivity index (χ1n) is 7.40. The average Bonchev–Trinajstić information content (AvgIpc) is 3.34. The van der Waals surface area contributed by atoms with Crippen LogP contribution >= 0.6 is 23.5 Å². The Morgan fingerprint density at radius 2 is 1.12 bits per heavy atom. The van der Waals surface area contributed by atoms with E-state index in [4.69, 9.17) is 0 Å². The third kappa shape index (κ3) is 4.89. The van der Waals surface area contributed by atoms with Gasteiger partial charge in [-0.2, -0.15) is 40.4 Å². The molecule has 0 saturated carbocycles. The summed E-state index contributed by atoms with van der Waals surface area (Å²) in [4.78, 5) is 0. The van der Waals surface area contributed by atoms with Crippen LogP contribution in [0.4, 0.5) is 0 Å². The van der Waals surface area contributed by atoms with Gasteiger partial charge in [-0.1, -0.05) is 24.3 Å². The fraction of sp³-hybridized carbons (Fsp3) is 0.571. The number of rotatable bonds is 8. The van der Waals surface area contributed by atoms with Gasteiger partial charge in [0.2, 0.25) is 0 Å². The zero-order valence-corrected chi connectivity index (χ0v) is 15.9. The summed E-state index contributed by atoms with van der Waals surface area (Å²) in [5, 5.41) is -1.55. The van der Waals surface area contributed by atoms with Gasteiger partial charge in [0.05, 0.1) is 0 Å². The molecule has 4 atom stereocenters. The SMILES string of the molecule is O=S(=O)(O)C(CC1CS1)c1ccc(C(CC2CS2)S(=O)(=O)O)cc1. The predicted molar refractivity (Wildman–Crippen MR) is 96.7 cm³/mol. The number of thioether (sulfide) groups is 2. The minimum atomic E-state index is -4.23. The van der Waals surface area contributed by atoms with Gasteiger partial charge in [-0.25, -0.2) is 0 Å². The Labute approximate surface area is 150 Å². The van der Waals surface area contributed by atoms with E-state index in [0.717, 1.165) is 11.5 Å². The summed E-state index contributed by atoms with van der Waals surface area (Å²) in [7, 11) is -8.46. The molecule has 2 aliphatic heterocycles. The van der Waals surface area contributed by atoms with Crippen molar-refractivity contribution in [3.63, 3.8) is 0 Å². The summed E-state index contributed by atoms with van der Waals surface area (Å²) in [6, 6.07) is 6.11. The Hall–Kier alpha value is -0.260. The molecule has 4 unspecified atom stereocenters. The molecule has 2 saturated heterocycles. The highest BCUT2D eigenvalue weighted by molar-refractivity contribution is 8.07. The Bertz CT molecular complexity index is 725. The van der Waals surface area contributed by atoms with Crippen molar-refractivity contribution in [1.29, 1.82) is 0 Å². The van der Waals surface area contributed by atoms with Crippen LogP contribution in [0, 0.1) is 0 Å². The molecule has 2 fully saturated rings. The van der Waals surface area contributed by atoms with Crippen LogP contribution in [0.15, 0.2) is 24.3 Å². The molecule has 2 heterocycles. The smallest absolute Gasteiger partial charge is 0.272 e. The van der Waals surface area contributed by atoms with E-state index in [-0.39, 0.29) is 10.5 Å². The zero-order chi connectivity index (χ0) is 17.5. The van der Waals surface area contributed by atoms with Gasteiger partial charge >= 0.3 is 0 Å². The average molecular weight is 411 g/mol. The van der Waals surface area contributed by atoms with E-state index in [1.165, 1.54) is 24.3 Å². The van der Waals surface area contributed by atoms with Crippen LogP contribution in [-0.4, -0.2) is 47.9 Å². The highest BCUT2D eigenvalue weighted by atomic mass is 32.2. The van der Waals surface area contributed by atoms with Gasteiger partial charge in [-0.3, -0.25) is 9.11 Å². The second kappa shape index (κ2) is 6.81. The van der Waals surface area contributed by atoms with Gasteiger partial charge in [0, 0.05) is 22.0 Å². The summed E-state index contributed by atoms with van der Waals surface area (Å²) in [6.45, 7) is 0. The highest BCUT2D eigenvalue weighted by Gasteiger charge is 2.36. The lowest BCUT2D eigenvalue weighted by Crippen LogP contribution is -2.16. The first-order chi connectivity index (χ1) is 11.1. The maximum Gasteiger partial charge on any atom is 0.272 e. The fourth-order valence-electron chi connectivity index (χ4n) is 2.67. The molecular weight excluding hydrogens is 392 g/mol. The monoisotopic (exact) mass is 410 g/mol. The lowest BCUT2D eigenvalue weighted by Gasteiger charge is -2.17. The standard InChI is InChI=1S/C14H18O6S4/c15-23(16,17)13(5-11-7-21-11)9-1-2-10(4-3-9)14(24(18,19)20)6-12-8-22-12/h1-4,11-14H,5-8H2,(H,15,16,17)(H,18,19,20). The molecule has 1 aromatic rings. The molecule has 0 aliphatic carbocycles. The molecule has 0 spiro atoms. The van der Waals surface area contributed by atoms with Crippen LogP contribution in [0.3, 0.4) is 0 Å². The second-order valence-electron chi connectivity index (χ2n) is 6.06. The zero-order valence-electron chi connectivity index (χ0n) is 12.6. The van der Waals surface area contributed by atoms with Crippen molar-refractivity contribution < 1.29 is 25.9 Å². The van der Waals surface area contributed by atoms with E-state index >= 15 is 0 Å². The van der Waals surface area contributed by atoms with Crippen LogP contribution < -0.4 is 0 Å². The van der Waals surface area contributed by atoms with E-state index in [0.29, 0.717) is 24.0 Å². The number of hydrogen-bond donors (Lipinski definition) is 2. The molecule has 0 bridgehead atoms. The molecule has 3 rings (SSSR count). The van der Waals surface area contributed by atoms with Crippen LogP contribution in [0.5, 0.6) is 0 Å². The van der Waals surface area contributed by atoms with Crippen molar-refractivity contribution in [2.45, 2.75) is 33.8 Å². The van der Waals surface area contributed by atoms with Gasteiger partial charge < -0.3 is 0 Å². The normalized spacial score (nSPS) is 25.9. The molecular formula is C14H18O6S4. The van der Waals surface area contributed by atoms with E-state index in [1.807, 2.05) is 0 Å². The molecule has 6 nitrogen and oxygen atoms in total. The van der Waals surface area contributed by atoms with Gasteiger partial charge in [-0.05, 0) is 24.0 Å². The third-order valence-corrected chi connectivity index (χ3v) is 8.52. The van der Waals surface area contributed by atoms with Crippen LogP contribution in [0.1, 0.15) is 34.5 Å². The molecule has 2 aliphatic rings. The van der Waals surface area contributed by atoms with Crippen molar-refractivity contribution in [2.75, 3.05) is 11.5 Å². The van der Waals surface area contributed by atoms with Gasteiger partial charge in [0.1, 0.15) is 10.5 Å². The Morgan fingerprint density at radius 3 is 1.33 bits per heavy atom. The summed E-state index contributed by atoms with van der Waals surface area (Å²) in [5.41, 5.74) is 0.868. The third-order valence-electron chi connectivity index (χ3n) is 4.16. The molecule has 0 radical (unpaired) electrons. The molecule has 0 amide bonds. The molecule has 2 N–H and O–H groups in total. The Kier molecular flexibility index (Phi) is 5.25. The van der Waals surface area contributed by atoms with Crippen LogP contribution in [-0.2, 0) is 20.2 Å². The Balaban J connectivity index is 1.84. The minimum absolute atomic E-state index is 0.231. The number of benzene rings is 1. The van der Waals surface area contributed by atoms with Crippen LogP contribution in [0.2, 0.25) is 0 Å². The van der Waals surface area contributed by atoms with E-state index in [9.17, 15) is 25.9 Å². The molecule has 0 aromatic heterocycles. The van der Waals surface area contributed by atoms with Crippen molar-refractivity contribution in [3.05, 3.63) is 35.4 Å². The van der Waals surface area contributed by atoms with Crippen molar-refractivity contribution in [3.8, 4) is 0 Å². The maximum atomic E-state index is 11.6. The van der Waals surface area contributed by atoms with Gasteiger partial charge in [0.15, 0.2) is 0 Å². The van der Waals surface area contributed by atoms with E-state index < -0.39 is 30.7 Å². The summed E-state index contributed by atoms with van der Waals surface area (Å²) in [5.74, 6) is 1.77. The summed E-state index contributed by atoms with van der Waals surface area (Å²) >= 11 is 3.28. The molecule has 134 valence electrons. The lowest BCUT2D eigenvalue weighted by atomic mass is 10.0. The second-order valence-corrected chi connectivity index (χ2v) is 11.9. The molecule has 10 heteroatoms. The fourth-order valence-corrected chi connectivity index (χ4v) is 6.07. The van der Waals surface area contributed by atoms with Crippen molar-refractivity contribution >= 4 is 43.8 Å². The summed E-state index contributed by atoms with van der Waals surface area (Å²) in [6.07, 6.45) is 0.673. The molecule has 24 heavy (non-hydrogen) atoms. The van der Waals surface area contributed by atoms with Gasteiger partial charge in [0.25, 0.3) is 20.2 Å². The quantitative estimate of drug-likeness (QED) is 0.497. The topological polar surface area (TPSA) is 109 Å². The first kappa shape index (κ1) is 18.5. The van der Waals surface area contributed by atoms with Crippen LogP contribution in [0.25, 0.3) is 0 Å².